The van der Waals surface area contributed by atoms with Crippen molar-refractivity contribution in [2.75, 3.05) is 6.54 Å². The first-order valence-electron chi connectivity index (χ1n) is 18.5. The zero-order valence-corrected chi connectivity index (χ0v) is 33.0. The molecule has 4 heterocycles. The third kappa shape index (κ3) is 7.56. The van der Waals surface area contributed by atoms with Crippen LogP contribution in [0.5, 0.6) is 0 Å². The van der Waals surface area contributed by atoms with E-state index in [1.807, 2.05) is 82.4 Å². The molecule has 3 aromatic carbocycles. The number of H-pyrrole nitrogens is 1. The molecular formula is C41H55B2N3O6. The van der Waals surface area contributed by atoms with E-state index in [1.165, 1.54) is 27.5 Å². The van der Waals surface area contributed by atoms with E-state index in [9.17, 15) is 4.79 Å². The lowest BCUT2D eigenvalue weighted by molar-refractivity contribution is 0.00578. The Morgan fingerprint density at radius 1 is 0.788 bits per heavy atom. The second kappa shape index (κ2) is 13.7. The number of likely N-dealkylation sites (tertiary alicyclic amines) is 1. The van der Waals surface area contributed by atoms with Crippen molar-refractivity contribution in [2.45, 2.75) is 130 Å². The highest BCUT2D eigenvalue weighted by molar-refractivity contribution is 7.11. The van der Waals surface area contributed by atoms with E-state index in [4.69, 9.17) is 28.3 Å². The number of rotatable bonds is 4. The molecule has 4 aromatic rings. The highest BCUT2D eigenvalue weighted by atomic mass is 16.7. The highest BCUT2D eigenvalue weighted by Crippen LogP contribution is 2.43. The van der Waals surface area contributed by atoms with Crippen LogP contribution in [0.4, 0.5) is 4.79 Å². The van der Waals surface area contributed by atoms with Crippen LogP contribution >= 0.6 is 0 Å². The van der Waals surface area contributed by atoms with Crippen LogP contribution in [-0.4, -0.2) is 69.5 Å². The second-order valence-electron chi connectivity index (χ2n) is 17.3. The highest BCUT2D eigenvalue weighted by Gasteiger charge is 2.63. The molecule has 0 aliphatic carbocycles. The first-order valence-corrected chi connectivity index (χ1v) is 18.5. The quantitative estimate of drug-likeness (QED) is 0.211. The Morgan fingerprint density at radius 2 is 1.29 bits per heavy atom. The Hall–Kier alpha value is -3.63. The average Bonchev–Trinajstić information content (AvgIpc) is 3.81. The minimum Gasteiger partial charge on any atom is -0.444 e. The van der Waals surface area contributed by atoms with E-state index in [0.29, 0.717) is 6.54 Å². The Labute approximate surface area is 310 Å². The lowest BCUT2D eigenvalue weighted by Gasteiger charge is -2.32. The third-order valence-corrected chi connectivity index (χ3v) is 11.1. The van der Waals surface area contributed by atoms with Crippen LogP contribution in [-0.2, 0) is 23.4 Å². The maximum atomic E-state index is 12.8. The SMILES string of the molecule is CC1(C)OB(B2OC(C)(C)C(C)(C)O2)OC1(C)C.Cc1ccc(-c2ccc(-c3cnc([C@@H]4CCCN4C(=O)OC(C)(C)C)[nH]3)c3ccccc23)cc1. The van der Waals surface area contributed by atoms with Crippen molar-refractivity contribution in [3.8, 4) is 22.4 Å². The first-order chi connectivity index (χ1) is 24.2. The minimum atomic E-state index is -0.517. The summed E-state index contributed by atoms with van der Waals surface area (Å²) in [5.74, 6) is 0.810. The summed E-state index contributed by atoms with van der Waals surface area (Å²) in [4.78, 5) is 22.8. The smallest absolute Gasteiger partial charge is 0.444 e. The number of hydrogen-bond donors (Lipinski definition) is 1. The molecule has 3 fully saturated rings. The fourth-order valence-electron chi connectivity index (χ4n) is 6.75. The number of aryl methyl sites for hydroxylation is 1. The monoisotopic (exact) mass is 707 g/mol. The van der Waals surface area contributed by atoms with Gasteiger partial charge in [0, 0.05) is 12.1 Å². The summed E-state index contributed by atoms with van der Waals surface area (Å²) in [7, 11) is -0.952. The van der Waals surface area contributed by atoms with E-state index < -0.39 is 19.6 Å². The third-order valence-electron chi connectivity index (χ3n) is 11.1. The number of ether oxygens (including phenoxy) is 1. The Bertz CT molecular complexity index is 1850. The molecule has 1 amide bonds. The van der Waals surface area contributed by atoms with E-state index in [2.05, 4.69) is 72.6 Å². The molecule has 276 valence electrons. The largest absolute Gasteiger partial charge is 0.488 e. The van der Waals surface area contributed by atoms with Crippen molar-refractivity contribution >= 4 is 30.9 Å². The molecule has 1 aromatic heterocycles. The number of carbonyl (C=O) groups excluding carboxylic acids is 1. The van der Waals surface area contributed by atoms with Gasteiger partial charge in [-0.15, -0.1) is 0 Å². The molecule has 3 saturated heterocycles. The first kappa shape index (κ1) is 38.1. The molecule has 0 spiro atoms. The lowest BCUT2D eigenvalue weighted by atomic mass is 9.49. The number of nitrogens with zero attached hydrogens (tertiary/aromatic N) is 2. The van der Waals surface area contributed by atoms with Crippen LogP contribution < -0.4 is 0 Å². The molecular weight excluding hydrogens is 652 g/mol. The van der Waals surface area contributed by atoms with E-state index in [-0.39, 0.29) is 34.5 Å². The predicted molar refractivity (Wildman–Crippen MR) is 209 cm³/mol. The Balaban J connectivity index is 0.000000217. The van der Waals surface area contributed by atoms with Crippen LogP contribution in [0.25, 0.3) is 33.2 Å². The van der Waals surface area contributed by atoms with Crippen molar-refractivity contribution in [3.63, 3.8) is 0 Å². The lowest BCUT2D eigenvalue weighted by Crippen LogP contribution is -2.41. The van der Waals surface area contributed by atoms with Gasteiger partial charge in [0.25, 0.3) is 0 Å². The van der Waals surface area contributed by atoms with Gasteiger partial charge in [0.05, 0.1) is 40.3 Å². The number of fused-ring (bicyclic) bond motifs is 1. The molecule has 52 heavy (non-hydrogen) atoms. The van der Waals surface area contributed by atoms with E-state index in [0.717, 1.165) is 29.9 Å². The molecule has 7 rings (SSSR count). The van der Waals surface area contributed by atoms with Gasteiger partial charge < -0.3 is 28.3 Å². The van der Waals surface area contributed by atoms with Crippen molar-refractivity contribution < 1.29 is 28.1 Å². The maximum absolute atomic E-state index is 12.8. The van der Waals surface area contributed by atoms with Crippen molar-refractivity contribution in [2.24, 2.45) is 0 Å². The molecule has 1 atom stereocenters. The summed E-state index contributed by atoms with van der Waals surface area (Å²) < 4.78 is 29.5. The van der Waals surface area contributed by atoms with Gasteiger partial charge in [-0.1, -0.05) is 66.2 Å². The number of nitrogens with one attached hydrogen (secondary N) is 1. The fourth-order valence-corrected chi connectivity index (χ4v) is 6.75. The molecule has 0 unspecified atom stereocenters. The average molecular weight is 708 g/mol. The standard InChI is InChI=1S/C29H31N3O2.C12H24B2O4/c1-19-11-13-20(14-12-19)21-15-16-24(23-9-6-5-8-22(21)23)25-18-30-27(31-25)26-10-7-17-32(26)28(33)34-29(2,3)4;1-9(2)10(3,4)16-13(15-9)14-17-11(5,6)12(7,8)18-14/h5-6,8-9,11-16,18,26H,7,10,17H2,1-4H3,(H,30,31);1-8H3/t26-;/m0./s1. The molecule has 0 bridgehead atoms. The van der Waals surface area contributed by atoms with Gasteiger partial charge in [-0.05, 0) is 118 Å². The number of aromatic amines is 1. The second-order valence-corrected chi connectivity index (χ2v) is 17.3. The number of hydrogen-bond acceptors (Lipinski definition) is 7. The summed E-state index contributed by atoms with van der Waals surface area (Å²) in [5.41, 5.74) is 3.78. The summed E-state index contributed by atoms with van der Waals surface area (Å²) in [6.07, 6.45) is 3.42. The summed E-state index contributed by atoms with van der Waals surface area (Å²) in [5, 5.41) is 2.38. The van der Waals surface area contributed by atoms with E-state index in [1.54, 1.807) is 4.90 Å². The van der Waals surface area contributed by atoms with Crippen LogP contribution in [0.15, 0.2) is 66.9 Å². The molecule has 3 aliphatic heterocycles. The van der Waals surface area contributed by atoms with Crippen LogP contribution in [0.3, 0.4) is 0 Å². The number of aromatic nitrogens is 2. The van der Waals surface area contributed by atoms with Gasteiger partial charge in [0.15, 0.2) is 0 Å². The zero-order valence-electron chi connectivity index (χ0n) is 33.0. The molecule has 9 nitrogen and oxygen atoms in total. The summed E-state index contributed by atoms with van der Waals surface area (Å²) in [6.45, 7) is 24.7. The van der Waals surface area contributed by atoms with E-state index >= 15 is 0 Å². The fraction of sp³-hybridized carbons (Fsp3) is 0.512. The minimum absolute atomic E-state index is 0.0957. The van der Waals surface area contributed by atoms with Crippen molar-refractivity contribution in [1.82, 2.24) is 14.9 Å². The molecule has 11 heteroatoms. The number of amides is 1. The summed E-state index contributed by atoms with van der Waals surface area (Å²) >= 11 is 0. The van der Waals surface area contributed by atoms with Gasteiger partial charge in [0.1, 0.15) is 11.4 Å². The molecule has 1 N–H and O–H groups in total. The number of carbonyl (C=O) groups is 1. The number of benzene rings is 3. The van der Waals surface area contributed by atoms with Gasteiger partial charge in [-0.25, -0.2) is 9.78 Å². The van der Waals surface area contributed by atoms with Gasteiger partial charge in [-0.2, -0.15) is 0 Å². The number of imidazole rings is 1. The topological polar surface area (TPSA) is 95.1 Å². The van der Waals surface area contributed by atoms with Gasteiger partial charge >= 0.3 is 20.1 Å². The molecule has 0 saturated carbocycles. The van der Waals surface area contributed by atoms with Crippen LogP contribution in [0.2, 0.25) is 0 Å². The van der Waals surface area contributed by atoms with Crippen molar-refractivity contribution in [3.05, 3.63) is 78.2 Å². The normalized spacial score (nSPS) is 21.7. The Kier molecular flexibility index (Phi) is 10.0. The van der Waals surface area contributed by atoms with Gasteiger partial charge in [-0.3, -0.25) is 4.90 Å². The van der Waals surface area contributed by atoms with Crippen LogP contribution in [0.1, 0.15) is 106 Å². The zero-order chi connectivity index (χ0) is 37.9. The van der Waals surface area contributed by atoms with Crippen molar-refractivity contribution in [1.29, 1.82) is 0 Å². The maximum Gasteiger partial charge on any atom is 0.488 e. The summed E-state index contributed by atoms with van der Waals surface area (Å²) in [6, 6.07) is 21.4. The molecule has 0 radical (unpaired) electrons. The Morgan fingerprint density at radius 3 is 1.81 bits per heavy atom. The predicted octanol–water partition coefficient (Wildman–Crippen LogP) is 9.53. The van der Waals surface area contributed by atoms with Gasteiger partial charge in [0.2, 0.25) is 0 Å². The molecule has 3 aliphatic rings. The van der Waals surface area contributed by atoms with Crippen LogP contribution in [0, 0.1) is 6.92 Å².